The minimum Gasteiger partial charge on any atom is -0.507 e. The van der Waals surface area contributed by atoms with Crippen LogP contribution in [0.5, 0.6) is 5.75 Å². The van der Waals surface area contributed by atoms with Crippen molar-refractivity contribution < 1.29 is 26.2 Å². The van der Waals surface area contributed by atoms with E-state index in [1.54, 1.807) is 6.07 Å². The maximum absolute atomic E-state index is 10.9. The van der Waals surface area contributed by atoms with Crippen molar-refractivity contribution in [2.45, 2.75) is 6.92 Å². The first-order valence-corrected chi connectivity index (χ1v) is 17.1. The van der Waals surface area contributed by atoms with Crippen molar-refractivity contribution in [3.05, 3.63) is 182 Å². The first-order valence-electron chi connectivity index (χ1n) is 17.1. The van der Waals surface area contributed by atoms with E-state index in [9.17, 15) is 5.11 Å². The van der Waals surface area contributed by atoms with Crippen LogP contribution in [-0.4, -0.2) is 19.6 Å². The summed E-state index contributed by atoms with van der Waals surface area (Å²) in [5.74, 6) is 0.207. The first-order chi connectivity index (χ1) is 25.1. The molecule has 3 heterocycles. The molecular weight excluding hydrogens is 818 g/mol. The van der Waals surface area contributed by atoms with Gasteiger partial charge in [-0.2, -0.15) is 0 Å². The number of phenols is 1. The summed E-state index contributed by atoms with van der Waals surface area (Å²) in [5, 5.41) is 13.3. The molecule has 0 spiro atoms. The van der Waals surface area contributed by atoms with Gasteiger partial charge in [-0.25, -0.2) is 0 Å². The zero-order valence-corrected chi connectivity index (χ0v) is 30.5. The number of benzene rings is 6. The standard InChI is InChI=1S/C47H32N3O.Pt/c1-31-13-10-24-45(51)46(31)43-30-36(32-14-4-2-5-15-32)29-42(49-43)35-17-11-16-34(27-35)41-28-33(25-26-48-41)38-21-12-22-40-39-20-8-9-23-44(39)50(47(38)40)37-18-6-3-7-19-37;/h2-26,28-30,51H,1H3;/q-1;. The third-order valence-electron chi connectivity index (χ3n) is 9.57. The van der Waals surface area contributed by atoms with Crippen LogP contribution in [0.4, 0.5) is 0 Å². The third kappa shape index (κ3) is 5.91. The van der Waals surface area contributed by atoms with E-state index in [1.165, 1.54) is 16.3 Å². The molecule has 0 bridgehead atoms. The van der Waals surface area contributed by atoms with Gasteiger partial charge in [0.15, 0.2) is 0 Å². The topological polar surface area (TPSA) is 50.9 Å². The maximum atomic E-state index is 10.9. The van der Waals surface area contributed by atoms with Gasteiger partial charge >= 0.3 is 0 Å². The van der Waals surface area contributed by atoms with Crippen molar-refractivity contribution in [3.8, 4) is 67.5 Å². The largest absolute Gasteiger partial charge is 0.507 e. The van der Waals surface area contributed by atoms with Crippen LogP contribution in [0, 0.1) is 13.0 Å². The Balaban J connectivity index is 0.00000387. The van der Waals surface area contributed by atoms with Crippen molar-refractivity contribution in [1.82, 2.24) is 14.5 Å². The second-order valence-electron chi connectivity index (χ2n) is 12.8. The minimum absolute atomic E-state index is 0. The molecule has 0 aliphatic rings. The van der Waals surface area contributed by atoms with Crippen molar-refractivity contribution in [1.29, 1.82) is 0 Å². The van der Waals surface area contributed by atoms with Gasteiger partial charge in [-0.15, -0.1) is 24.3 Å². The van der Waals surface area contributed by atoms with Crippen molar-refractivity contribution in [2.24, 2.45) is 0 Å². The second-order valence-corrected chi connectivity index (χ2v) is 12.8. The molecule has 0 atom stereocenters. The van der Waals surface area contributed by atoms with E-state index in [4.69, 9.17) is 9.97 Å². The van der Waals surface area contributed by atoms with Crippen molar-refractivity contribution >= 4 is 21.8 Å². The van der Waals surface area contributed by atoms with Crippen LogP contribution in [-0.2, 0) is 21.1 Å². The molecular formula is C47H32N3OPt-. The summed E-state index contributed by atoms with van der Waals surface area (Å²) in [7, 11) is 0. The van der Waals surface area contributed by atoms with E-state index in [0.717, 1.165) is 67.1 Å². The first kappa shape index (κ1) is 33.1. The number of aromatic hydroxyl groups is 1. The molecule has 0 saturated carbocycles. The van der Waals surface area contributed by atoms with Crippen LogP contribution in [0.15, 0.2) is 170 Å². The SMILES string of the molecule is Cc1cccc(O)c1-c1cc(-c2ccccc2)cc(-c2[c-]c(-c3cc(-c4cccc5c6ccccc6n(-c6ccccc6)c45)ccn3)ccc2)n1.[Pt]. The number of phenolic OH excluding ortho intramolecular Hbond substituents is 1. The summed E-state index contributed by atoms with van der Waals surface area (Å²) < 4.78 is 2.36. The van der Waals surface area contributed by atoms with Gasteiger partial charge in [-0.1, -0.05) is 120 Å². The molecule has 9 aromatic rings. The Kier molecular flexibility index (Phi) is 8.84. The molecule has 0 aliphatic heterocycles. The predicted molar refractivity (Wildman–Crippen MR) is 209 cm³/mol. The summed E-state index contributed by atoms with van der Waals surface area (Å²) in [5.41, 5.74) is 13.4. The van der Waals surface area contributed by atoms with Crippen LogP contribution in [0.2, 0.25) is 0 Å². The van der Waals surface area contributed by atoms with Crippen molar-refractivity contribution in [2.75, 3.05) is 0 Å². The molecule has 0 aliphatic carbocycles. The Morgan fingerprint density at radius 1 is 0.558 bits per heavy atom. The zero-order chi connectivity index (χ0) is 34.3. The normalized spacial score (nSPS) is 11.1. The van der Waals surface area contributed by atoms with E-state index in [0.29, 0.717) is 5.69 Å². The summed E-state index contributed by atoms with van der Waals surface area (Å²) in [6, 6.07) is 59.7. The molecule has 5 heteroatoms. The number of hydrogen-bond acceptors (Lipinski definition) is 3. The van der Waals surface area contributed by atoms with E-state index >= 15 is 0 Å². The molecule has 0 radical (unpaired) electrons. The fourth-order valence-electron chi connectivity index (χ4n) is 7.19. The molecule has 0 saturated heterocycles. The van der Waals surface area contributed by atoms with Gasteiger partial charge < -0.3 is 9.67 Å². The van der Waals surface area contributed by atoms with Gasteiger partial charge in [-0.05, 0) is 65.6 Å². The van der Waals surface area contributed by atoms with Gasteiger partial charge in [-0.3, -0.25) is 9.97 Å². The number of nitrogens with zero attached hydrogens (tertiary/aromatic N) is 3. The van der Waals surface area contributed by atoms with Gasteiger partial charge in [0.1, 0.15) is 5.75 Å². The summed E-state index contributed by atoms with van der Waals surface area (Å²) in [6.45, 7) is 2.00. The molecule has 1 N–H and O–H groups in total. The monoisotopic (exact) mass is 849 g/mol. The Morgan fingerprint density at radius 2 is 1.21 bits per heavy atom. The van der Waals surface area contributed by atoms with Crippen LogP contribution < -0.4 is 0 Å². The number of fused-ring (bicyclic) bond motifs is 3. The van der Waals surface area contributed by atoms with Gasteiger partial charge in [0, 0.05) is 66.2 Å². The number of aromatic nitrogens is 3. The minimum atomic E-state index is 0. The van der Waals surface area contributed by atoms with Crippen LogP contribution in [0.1, 0.15) is 5.56 Å². The molecule has 4 nitrogen and oxygen atoms in total. The summed E-state index contributed by atoms with van der Waals surface area (Å²) in [6.07, 6.45) is 1.88. The number of aryl methyl sites for hydroxylation is 1. The Morgan fingerprint density at radius 3 is 2.02 bits per heavy atom. The number of pyridine rings is 2. The fraction of sp³-hybridized carbons (Fsp3) is 0.0213. The molecule has 0 unspecified atom stereocenters. The van der Waals surface area contributed by atoms with Crippen molar-refractivity contribution in [3.63, 3.8) is 0 Å². The average Bonchev–Trinajstić information content (AvgIpc) is 3.53. The maximum Gasteiger partial charge on any atom is 0.125 e. The molecule has 252 valence electrons. The van der Waals surface area contributed by atoms with E-state index in [2.05, 4.69) is 114 Å². The Labute approximate surface area is 317 Å². The third-order valence-corrected chi connectivity index (χ3v) is 9.57. The summed E-state index contributed by atoms with van der Waals surface area (Å²) >= 11 is 0. The molecule has 0 fully saturated rings. The predicted octanol–water partition coefficient (Wildman–Crippen LogP) is 11.7. The summed E-state index contributed by atoms with van der Waals surface area (Å²) in [4.78, 5) is 9.94. The molecule has 3 aromatic heterocycles. The van der Waals surface area contributed by atoms with Crippen LogP contribution in [0.25, 0.3) is 83.5 Å². The molecule has 6 aromatic carbocycles. The van der Waals surface area contributed by atoms with Gasteiger partial charge in [0.2, 0.25) is 0 Å². The van der Waals surface area contributed by atoms with Crippen LogP contribution >= 0.6 is 0 Å². The number of para-hydroxylation sites is 3. The second kappa shape index (κ2) is 13.9. The number of rotatable bonds is 6. The molecule has 52 heavy (non-hydrogen) atoms. The zero-order valence-electron chi connectivity index (χ0n) is 28.3. The molecule has 0 amide bonds. The fourth-order valence-corrected chi connectivity index (χ4v) is 7.19. The Hall–Kier alpha value is -6.09. The smallest absolute Gasteiger partial charge is 0.125 e. The average molecular weight is 850 g/mol. The van der Waals surface area contributed by atoms with Gasteiger partial charge in [0.25, 0.3) is 0 Å². The van der Waals surface area contributed by atoms with E-state index in [1.807, 2.05) is 67.7 Å². The van der Waals surface area contributed by atoms with E-state index in [-0.39, 0.29) is 26.8 Å². The number of hydrogen-bond donors (Lipinski definition) is 1. The quantitative estimate of drug-likeness (QED) is 0.170. The van der Waals surface area contributed by atoms with Gasteiger partial charge in [0.05, 0.1) is 16.7 Å². The Bertz CT molecular complexity index is 2700. The van der Waals surface area contributed by atoms with E-state index < -0.39 is 0 Å². The van der Waals surface area contributed by atoms with Crippen LogP contribution in [0.3, 0.4) is 0 Å². The molecule has 9 rings (SSSR count).